The lowest BCUT2D eigenvalue weighted by atomic mass is 9.97. The van der Waals surface area contributed by atoms with Gasteiger partial charge in [0.05, 0.1) is 6.61 Å². The van der Waals surface area contributed by atoms with Gasteiger partial charge >= 0.3 is 17.9 Å². The summed E-state index contributed by atoms with van der Waals surface area (Å²) in [7, 11) is 0. The van der Waals surface area contributed by atoms with Crippen LogP contribution in [0, 0.1) is 5.92 Å². The van der Waals surface area contributed by atoms with E-state index in [0.29, 0.717) is 12.8 Å². The predicted octanol–water partition coefficient (Wildman–Crippen LogP) is 4.26. The highest BCUT2D eigenvalue weighted by Gasteiger charge is 2.65. The summed E-state index contributed by atoms with van der Waals surface area (Å²) in [4.78, 5) is 11.5. The number of hydrogen-bond acceptors (Lipinski definition) is 3. The summed E-state index contributed by atoms with van der Waals surface area (Å²) >= 11 is 0. The van der Waals surface area contributed by atoms with Crippen LogP contribution in [0.5, 0.6) is 5.75 Å². The van der Waals surface area contributed by atoms with Crippen molar-refractivity contribution >= 4 is 12.0 Å². The second-order valence-electron chi connectivity index (χ2n) is 5.61. The Bertz CT molecular complexity index is 635. The molecule has 0 radical (unpaired) electrons. The van der Waals surface area contributed by atoms with Gasteiger partial charge in [0.15, 0.2) is 0 Å². The molecule has 7 heteroatoms. The van der Waals surface area contributed by atoms with Crippen LogP contribution in [0.3, 0.4) is 0 Å². The number of fused-ring (bicyclic) bond motifs is 1. The Labute approximate surface area is 137 Å². The van der Waals surface area contributed by atoms with Crippen LogP contribution in [0.25, 0.3) is 6.08 Å². The number of aliphatic carboxylic acids is 1. The summed E-state index contributed by atoms with van der Waals surface area (Å²) in [5.74, 6) is -5.23. The van der Waals surface area contributed by atoms with E-state index in [1.807, 2.05) is 13.8 Å². The minimum Gasteiger partial charge on any atom is -0.478 e. The molecule has 0 aromatic heterocycles. The van der Waals surface area contributed by atoms with E-state index in [4.69, 9.17) is 9.47 Å². The van der Waals surface area contributed by atoms with Gasteiger partial charge in [-0.15, -0.1) is 0 Å². The third-order valence-electron chi connectivity index (χ3n) is 4.11. The Morgan fingerprint density at radius 1 is 1.29 bits per heavy atom. The quantitative estimate of drug-likeness (QED) is 0.838. The molecule has 0 aliphatic carbocycles. The molecule has 0 amide bonds. The molecule has 1 aromatic rings. The van der Waals surface area contributed by atoms with Gasteiger partial charge < -0.3 is 14.6 Å². The first-order valence-electron chi connectivity index (χ1n) is 7.69. The Balaban J connectivity index is 2.51. The van der Waals surface area contributed by atoms with Crippen molar-refractivity contribution in [1.82, 2.24) is 0 Å². The fourth-order valence-electron chi connectivity index (χ4n) is 2.51. The van der Waals surface area contributed by atoms with E-state index in [9.17, 15) is 23.1 Å². The highest BCUT2D eigenvalue weighted by Crippen LogP contribution is 2.46. The number of halogens is 3. The minimum atomic E-state index is -5.04. The van der Waals surface area contributed by atoms with Gasteiger partial charge in [0.25, 0.3) is 0 Å². The highest BCUT2D eigenvalue weighted by molar-refractivity contribution is 5.95. The van der Waals surface area contributed by atoms with Crippen LogP contribution in [0.4, 0.5) is 13.2 Å². The monoisotopic (exact) mass is 344 g/mol. The van der Waals surface area contributed by atoms with Crippen LogP contribution >= 0.6 is 0 Å². The van der Waals surface area contributed by atoms with Crippen LogP contribution in [0.1, 0.15) is 32.3 Å². The van der Waals surface area contributed by atoms with Gasteiger partial charge in [-0.25, -0.2) is 4.79 Å². The average Bonchev–Trinajstić information content (AvgIpc) is 2.53. The van der Waals surface area contributed by atoms with Gasteiger partial charge in [-0.2, -0.15) is 13.2 Å². The van der Waals surface area contributed by atoms with Crippen molar-refractivity contribution in [3.05, 3.63) is 35.4 Å². The summed E-state index contributed by atoms with van der Waals surface area (Å²) in [6.07, 6.45) is -2.85. The molecule has 24 heavy (non-hydrogen) atoms. The molecule has 2 rings (SSSR count). The van der Waals surface area contributed by atoms with Crippen molar-refractivity contribution in [2.45, 2.75) is 38.7 Å². The molecule has 0 fully saturated rings. The summed E-state index contributed by atoms with van der Waals surface area (Å²) in [6, 6.07) is 5.94. The smallest absolute Gasteiger partial charge is 0.460 e. The molecule has 1 heterocycles. The summed E-state index contributed by atoms with van der Waals surface area (Å²) in [6.45, 7) is 3.42. The van der Waals surface area contributed by atoms with Gasteiger partial charge in [-0.05, 0) is 18.1 Å². The number of ether oxygens (including phenoxy) is 2. The molecular formula is C17H19F3O4. The van der Waals surface area contributed by atoms with Crippen LogP contribution < -0.4 is 4.74 Å². The maximum Gasteiger partial charge on any atom is 0.460 e. The average molecular weight is 344 g/mol. The Hall–Kier alpha value is -2.02. The number of alkyl halides is 3. The van der Waals surface area contributed by atoms with Gasteiger partial charge in [-0.1, -0.05) is 44.9 Å². The normalized spacial score (nSPS) is 20.3. The first-order valence-corrected chi connectivity index (χ1v) is 7.69. The number of carbonyl (C=O) groups is 1. The first-order chi connectivity index (χ1) is 11.2. The van der Waals surface area contributed by atoms with Crippen molar-refractivity contribution in [3.8, 4) is 5.75 Å². The molecule has 0 saturated heterocycles. The molecule has 1 atom stereocenters. The van der Waals surface area contributed by atoms with Crippen LogP contribution in [0.2, 0.25) is 0 Å². The zero-order chi connectivity index (χ0) is 18.0. The van der Waals surface area contributed by atoms with Crippen LogP contribution in [-0.2, 0) is 9.53 Å². The van der Waals surface area contributed by atoms with Crippen molar-refractivity contribution in [1.29, 1.82) is 0 Å². The summed E-state index contributed by atoms with van der Waals surface area (Å²) in [5, 5.41) is 9.31. The molecular weight excluding hydrogens is 325 g/mol. The first kappa shape index (κ1) is 18.3. The Morgan fingerprint density at radius 3 is 2.46 bits per heavy atom. The van der Waals surface area contributed by atoms with Gasteiger partial charge in [0.1, 0.15) is 11.3 Å². The number of hydrogen-bond donors (Lipinski definition) is 1. The predicted molar refractivity (Wildman–Crippen MR) is 81.5 cm³/mol. The molecule has 1 aromatic carbocycles. The molecule has 0 bridgehead atoms. The van der Waals surface area contributed by atoms with E-state index in [0.717, 1.165) is 6.08 Å². The zero-order valence-electron chi connectivity index (χ0n) is 13.4. The molecule has 4 nitrogen and oxygen atoms in total. The second kappa shape index (κ2) is 6.84. The molecule has 1 aliphatic rings. The fraction of sp³-hybridized carbons (Fsp3) is 0.471. The zero-order valence-corrected chi connectivity index (χ0v) is 13.4. The Morgan fingerprint density at radius 2 is 1.92 bits per heavy atom. The standard InChI is InChI=1S/C17H19F3O4/c1-3-11(4-2)10-23-16(17(18,19)20)13(15(21)22)9-12-7-5-6-8-14(12)24-16/h5-9,11H,3-4,10H2,1-2H3,(H,21,22). The van der Waals surface area contributed by atoms with E-state index >= 15 is 0 Å². The lowest BCUT2D eigenvalue weighted by Gasteiger charge is -2.39. The molecule has 0 spiro atoms. The number of carboxylic acids is 1. The van der Waals surface area contributed by atoms with Gasteiger partial charge in [0.2, 0.25) is 0 Å². The van der Waals surface area contributed by atoms with Crippen molar-refractivity contribution in [2.24, 2.45) is 5.92 Å². The largest absolute Gasteiger partial charge is 0.478 e. The minimum absolute atomic E-state index is 0.0654. The third-order valence-corrected chi connectivity index (χ3v) is 4.11. The van der Waals surface area contributed by atoms with Crippen molar-refractivity contribution in [2.75, 3.05) is 6.61 Å². The molecule has 1 unspecified atom stereocenters. The number of benzene rings is 1. The van der Waals surface area contributed by atoms with Crippen LogP contribution in [-0.4, -0.2) is 29.6 Å². The molecule has 1 aliphatic heterocycles. The third kappa shape index (κ3) is 3.26. The van der Waals surface area contributed by atoms with Gasteiger partial charge in [-0.3, -0.25) is 0 Å². The van der Waals surface area contributed by atoms with Gasteiger partial charge in [0, 0.05) is 5.56 Å². The van der Waals surface area contributed by atoms with Crippen molar-refractivity contribution in [3.63, 3.8) is 0 Å². The number of carboxylic acid groups (broad SMARTS) is 1. The van der Waals surface area contributed by atoms with E-state index in [-0.39, 0.29) is 23.8 Å². The fourth-order valence-corrected chi connectivity index (χ4v) is 2.51. The summed E-state index contributed by atoms with van der Waals surface area (Å²) < 4.78 is 51.6. The second-order valence-corrected chi connectivity index (χ2v) is 5.61. The summed E-state index contributed by atoms with van der Waals surface area (Å²) in [5.41, 5.74) is -0.708. The maximum absolute atomic E-state index is 13.8. The maximum atomic E-state index is 13.8. The number of para-hydroxylation sites is 1. The SMILES string of the molecule is CCC(CC)COC1(C(F)(F)F)Oc2ccccc2C=C1C(=O)O. The van der Waals surface area contributed by atoms with Crippen LogP contribution in [0.15, 0.2) is 29.8 Å². The van der Waals surface area contributed by atoms with E-state index < -0.39 is 23.5 Å². The number of rotatable bonds is 6. The Kier molecular flexibility index (Phi) is 5.22. The van der Waals surface area contributed by atoms with E-state index in [2.05, 4.69) is 0 Å². The molecule has 132 valence electrons. The topological polar surface area (TPSA) is 55.8 Å². The van der Waals surface area contributed by atoms with Crippen molar-refractivity contribution < 1.29 is 32.5 Å². The van der Waals surface area contributed by atoms with E-state index in [1.165, 1.54) is 18.2 Å². The molecule has 1 N–H and O–H groups in total. The van der Waals surface area contributed by atoms with E-state index in [1.54, 1.807) is 6.07 Å². The lowest BCUT2D eigenvalue weighted by Crippen LogP contribution is -2.57. The lowest BCUT2D eigenvalue weighted by molar-refractivity contribution is -0.336. The molecule has 0 saturated carbocycles. The highest BCUT2D eigenvalue weighted by atomic mass is 19.4.